The number of benzene rings is 1. The van der Waals surface area contributed by atoms with Crippen molar-refractivity contribution < 1.29 is 14.4 Å². The van der Waals surface area contributed by atoms with Crippen molar-refractivity contribution in [2.45, 2.75) is 20.8 Å². The molecule has 2 heterocycles. The zero-order valence-electron chi connectivity index (χ0n) is 13.9. The van der Waals surface area contributed by atoms with Crippen LogP contribution in [-0.2, 0) is 7.05 Å². The summed E-state index contributed by atoms with van der Waals surface area (Å²) < 4.78 is 6.72. The molecule has 0 spiro atoms. The van der Waals surface area contributed by atoms with Gasteiger partial charge in [-0.05, 0) is 44.5 Å². The van der Waals surface area contributed by atoms with E-state index in [2.05, 4.69) is 10.3 Å². The lowest BCUT2D eigenvalue weighted by molar-refractivity contribution is 0.0992. The number of phenols is 1. The van der Waals surface area contributed by atoms with Crippen LogP contribution in [0.2, 0.25) is 0 Å². The molecule has 7 nitrogen and oxygen atoms in total. The fraction of sp³-hybridized carbons (Fsp3) is 0.235. The maximum Gasteiger partial charge on any atom is 0.267 e. The molecular formula is C17H18N4O3. The van der Waals surface area contributed by atoms with Crippen LogP contribution in [0, 0.1) is 20.8 Å². The summed E-state index contributed by atoms with van der Waals surface area (Å²) in [6.07, 6.45) is 0. The molecular weight excluding hydrogens is 308 g/mol. The molecule has 3 rings (SSSR count). The Labute approximate surface area is 138 Å². The lowest BCUT2D eigenvalue weighted by Gasteiger charge is -2.07. The summed E-state index contributed by atoms with van der Waals surface area (Å²) in [6.45, 7) is 5.45. The lowest BCUT2D eigenvalue weighted by atomic mass is 9.95. The van der Waals surface area contributed by atoms with Crippen LogP contribution in [0.25, 0.3) is 22.4 Å². The highest BCUT2D eigenvalue weighted by molar-refractivity contribution is 6.03. The van der Waals surface area contributed by atoms with Gasteiger partial charge in [0.2, 0.25) is 0 Å². The van der Waals surface area contributed by atoms with Crippen molar-refractivity contribution in [2.24, 2.45) is 12.8 Å². The van der Waals surface area contributed by atoms with Gasteiger partial charge < -0.3 is 15.4 Å². The second-order valence-electron chi connectivity index (χ2n) is 5.76. The zero-order valence-corrected chi connectivity index (χ0v) is 13.9. The molecule has 3 N–H and O–H groups in total. The smallest absolute Gasteiger partial charge is 0.267 e. The molecule has 2 aromatic heterocycles. The third-order valence-corrected chi connectivity index (χ3v) is 4.03. The molecule has 0 aliphatic heterocycles. The summed E-state index contributed by atoms with van der Waals surface area (Å²) in [5.74, 6) is 0.171. The number of hydrogen-bond acceptors (Lipinski definition) is 5. The standard InChI is InChI=1S/C17H18N4O3/c1-8-7-11(22)5-6-12(8)15-14(13-9(2)20-24-10(13)3)16(17(18)23)21(4)19-15/h5-7,22H,1-4H3,(H2,18,23). The van der Waals surface area contributed by atoms with Crippen LogP contribution in [0.4, 0.5) is 0 Å². The topological polar surface area (TPSA) is 107 Å². The number of carbonyl (C=O) groups is 1. The molecule has 0 bridgehead atoms. The first-order chi connectivity index (χ1) is 11.3. The van der Waals surface area contributed by atoms with E-state index in [0.29, 0.717) is 28.3 Å². The normalized spacial score (nSPS) is 11.0. The number of aryl methyl sites for hydroxylation is 4. The highest BCUT2D eigenvalue weighted by atomic mass is 16.5. The Kier molecular flexibility index (Phi) is 3.63. The molecule has 24 heavy (non-hydrogen) atoms. The Hall–Kier alpha value is -3.09. The average molecular weight is 326 g/mol. The van der Waals surface area contributed by atoms with E-state index in [-0.39, 0.29) is 11.4 Å². The van der Waals surface area contributed by atoms with Crippen LogP contribution >= 0.6 is 0 Å². The first-order valence-electron chi connectivity index (χ1n) is 7.41. The van der Waals surface area contributed by atoms with Crippen LogP contribution in [0.5, 0.6) is 5.75 Å². The molecule has 7 heteroatoms. The predicted molar refractivity (Wildman–Crippen MR) is 88.5 cm³/mol. The molecule has 0 atom stereocenters. The summed E-state index contributed by atoms with van der Waals surface area (Å²) in [6, 6.07) is 4.99. The number of carbonyl (C=O) groups excluding carboxylic acids is 1. The molecule has 1 aromatic carbocycles. The van der Waals surface area contributed by atoms with Gasteiger partial charge >= 0.3 is 0 Å². The number of nitrogens with two attached hydrogens (primary N) is 1. The van der Waals surface area contributed by atoms with Crippen molar-refractivity contribution in [1.29, 1.82) is 0 Å². The average Bonchev–Trinajstić information content (AvgIpc) is 2.98. The number of aromatic nitrogens is 3. The monoisotopic (exact) mass is 326 g/mol. The van der Waals surface area contributed by atoms with Crippen molar-refractivity contribution in [2.75, 3.05) is 0 Å². The number of rotatable bonds is 3. The minimum Gasteiger partial charge on any atom is -0.508 e. The van der Waals surface area contributed by atoms with Gasteiger partial charge in [0.1, 0.15) is 22.9 Å². The molecule has 0 radical (unpaired) electrons. The first kappa shape index (κ1) is 15.8. The van der Waals surface area contributed by atoms with Crippen LogP contribution in [0.15, 0.2) is 22.7 Å². The second-order valence-corrected chi connectivity index (χ2v) is 5.76. The van der Waals surface area contributed by atoms with Crippen molar-refractivity contribution in [3.8, 4) is 28.1 Å². The van der Waals surface area contributed by atoms with Crippen LogP contribution in [-0.4, -0.2) is 26.0 Å². The number of aromatic hydroxyl groups is 1. The summed E-state index contributed by atoms with van der Waals surface area (Å²) in [5.41, 5.74) is 10.0. The van der Waals surface area contributed by atoms with Gasteiger partial charge in [0.05, 0.1) is 11.3 Å². The Morgan fingerprint density at radius 3 is 2.50 bits per heavy atom. The third-order valence-electron chi connectivity index (χ3n) is 4.03. The van der Waals surface area contributed by atoms with Crippen molar-refractivity contribution in [3.05, 3.63) is 40.9 Å². The predicted octanol–water partition coefficient (Wildman–Crippen LogP) is 2.47. The Morgan fingerprint density at radius 1 is 1.25 bits per heavy atom. The summed E-state index contributed by atoms with van der Waals surface area (Å²) in [5, 5.41) is 18.1. The van der Waals surface area contributed by atoms with Gasteiger partial charge in [0.25, 0.3) is 5.91 Å². The van der Waals surface area contributed by atoms with Crippen LogP contribution in [0.3, 0.4) is 0 Å². The fourth-order valence-corrected chi connectivity index (χ4v) is 2.99. The maximum atomic E-state index is 12.0. The Bertz CT molecular complexity index is 934. The second kappa shape index (κ2) is 5.52. The molecule has 0 aliphatic carbocycles. The van der Waals surface area contributed by atoms with E-state index in [1.807, 2.05) is 6.92 Å². The molecule has 3 aromatic rings. The molecule has 1 amide bonds. The van der Waals surface area contributed by atoms with E-state index in [0.717, 1.165) is 11.1 Å². The Morgan fingerprint density at radius 2 is 1.96 bits per heavy atom. The summed E-state index contributed by atoms with van der Waals surface area (Å²) in [4.78, 5) is 12.0. The number of phenolic OH excluding ortho intramolecular Hbond substituents is 1. The van der Waals surface area contributed by atoms with Crippen molar-refractivity contribution in [1.82, 2.24) is 14.9 Å². The van der Waals surface area contributed by atoms with E-state index in [4.69, 9.17) is 10.3 Å². The lowest BCUT2D eigenvalue weighted by Crippen LogP contribution is -2.17. The van der Waals surface area contributed by atoms with Gasteiger partial charge in [-0.15, -0.1) is 0 Å². The van der Waals surface area contributed by atoms with E-state index in [1.165, 1.54) is 4.68 Å². The number of primary amides is 1. The quantitative estimate of drug-likeness (QED) is 0.769. The summed E-state index contributed by atoms with van der Waals surface area (Å²) in [7, 11) is 1.67. The zero-order chi connectivity index (χ0) is 17.6. The number of nitrogens with zero attached hydrogens (tertiary/aromatic N) is 3. The SMILES string of the molecule is Cc1cc(O)ccc1-c1nn(C)c(C(N)=O)c1-c1c(C)noc1C. The van der Waals surface area contributed by atoms with Gasteiger partial charge in [0, 0.05) is 18.2 Å². The molecule has 124 valence electrons. The van der Waals surface area contributed by atoms with Gasteiger partial charge in [-0.3, -0.25) is 9.48 Å². The van der Waals surface area contributed by atoms with E-state index < -0.39 is 5.91 Å². The van der Waals surface area contributed by atoms with Crippen molar-refractivity contribution in [3.63, 3.8) is 0 Å². The number of amides is 1. The highest BCUT2D eigenvalue weighted by Gasteiger charge is 2.27. The Balaban J connectivity index is 2.40. The summed E-state index contributed by atoms with van der Waals surface area (Å²) >= 11 is 0. The minimum atomic E-state index is -0.581. The number of hydrogen-bond donors (Lipinski definition) is 2. The van der Waals surface area contributed by atoms with Gasteiger partial charge in [-0.25, -0.2) is 0 Å². The molecule has 0 aliphatic rings. The van der Waals surface area contributed by atoms with Gasteiger partial charge in [-0.2, -0.15) is 5.10 Å². The van der Waals surface area contributed by atoms with E-state index in [1.54, 1.807) is 39.1 Å². The van der Waals surface area contributed by atoms with Crippen LogP contribution in [0.1, 0.15) is 27.5 Å². The molecule has 0 unspecified atom stereocenters. The largest absolute Gasteiger partial charge is 0.508 e. The van der Waals surface area contributed by atoms with E-state index >= 15 is 0 Å². The minimum absolute atomic E-state index is 0.168. The van der Waals surface area contributed by atoms with Gasteiger partial charge in [0.15, 0.2) is 0 Å². The first-order valence-corrected chi connectivity index (χ1v) is 7.41. The molecule has 0 saturated heterocycles. The molecule has 0 fully saturated rings. The highest BCUT2D eigenvalue weighted by Crippen LogP contribution is 2.39. The maximum absolute atomic E-state index is 12.0. The third kappa shape index (κ3) is 2.34. The van der Waals surface area contributed by atoms with Crippen molar-refractivity contribution >= 4 is 5.91 Å². The van der Waals surface area contributed by atoms with E-state index in [9.17, 15) is 9.90 Å². The van der Waals surface area contributed by atoms with Crippen LogP contribution < -0.4 is 5.73 Å². The fourth-order valence-electron chi connectivity index (χ4n) is 2.99. The molecule has 0 saturated carbocycles. The van der Waals surface area contributed by atoms with Gasteiger partial charge in [-0.1, -0.05) is 5.16 Å².